The standard InChI is InChI=1S/C28H35BrN8O3S/c1-17(2)41(38,39)26-14-23-18(15-31-35-23)12-24(26)32-27-21(29)16-30-28(34-27)33-22-7-6-20(13-25(22)40-5)37-10-8-19(9-11-37)36(3)4/h6-7,12-17,19H,8-11H2,1-5H3,(H,31,35)(H2,30,32,33,34). The van der Waals surface area contributed by atoms with Crippen molar-refractivity contribution < 1.29 is 13.2 Å². The van der Waals surface area contributed by atoms with Crippen LogP contribution in [-0.2, 0) is 9.84 Å². The molecule has 3 heterocycles. The van der Waals surface area contributed by atoms with Crippen molar-refractivity contribution in [3.8, 4) is 5.75 Å². The number of hydrogen-bond acceptors (Lipinski definition) is 10. The fourth-order valence-electron chi connectivity index (χ4n) is 4.94. The number of H-pyrrole nitrogens is 1. The van der Waals surface area contributed by atoms with E-state index in [1.165, 1.54) is 0 Å². The number of fused-ring (bicyclic) bond motifs is 1. The van der Waals surface area contributed by atoms with E-state index in [2.05, 4.69) is 76.7 Å². The lowest BCUT2D eigenvalue weighted by Crippen LogP contribution is -2.41. The average Bonchev–Trinajstić information content (AvgIpc) is 3.42. The number of rotatable bonds is 9. The molecule has 1 saturated heterocycles. The highest BCUT2D eigenvalue weighted by Crippen LogP contribution is 2.36. The van der Waals surface area contributed by atoms with Gasteiger partial charge in [-0.3, -0.25) is 5.10 Å². The van der Waals surface area contributed by atoms with E-state index in [1.54, 1.807) is 45.5 Å². The second-order valence-corrected chi connectivity index (χ2v) is 13.9. The Kier molecular flexibility index (Phi) is 8.39. The zero-order valence-corrected chi connectivity index (χ0v) is 26.2. The van der Waals surface area contributed by atoms with E-state index in [9.17, 15) is 8.42 Å². The molecule has 218 valence electrons. The van der Waals surface area contributed by atoms with E-state index in [4.69, 9.17) is 4.74 Å². The number of aromatic nitrogens is 4. The number of ether oxygens (including phenoxy) is 1. The summed E-state index contributed by atoms with van der Waals surface area (Å²) in [6, 6.07) is 10.0. The van der Waals surface area contributed by atoms with Crippen molar-refractivity contribution in [1.29, 1.82) is 0 Å². The SMILES string of the molecule is COc1cc(N2CCC(N(C)C)CC2)ccc1Nc1ncc(Br)c(Nc2cc3cn[nH]c3cc2S(=O)(=O)C(C)C)n1. The van der Waals surface area contributed by atoms with E-state index in [0.717, 1.165) is 42.7 Å². The fraction of sp³-hybridized carbons (Fsp3) is 0.393. The summed E-state index contributed by atoms with van der Waals surface area (Å²) in [5, 5.41) is 13.5. The first-order valence-corrected chi connectivity index (χ1v) is 15.8. The van der Waals surface area contributed by atoms with Gasteiger partial charge in [0.1, 0.15) is 11.6 Å². The highest BCUT2D eigenvalue weighted by Gasteiger charge is 2.25. The lowest BCUT2D eigenvalue weighted by Gasteiger charge is -2.36. The molecule has 1 aliphatic rings. The number of hydrogen-bond donors (Lipinski definition) is 3. The third kappa shape index (κ3) is 6.11. The van der Waals surface area contributed by atoms with Crippen molar-refractivity contribution in [3.63, 3.8) is 0 Å². The molecule has 0 bridgehead atoms. The summed E-state index contributed by atoms with van der Waals surface area (Å²) in [5.41, 5.74) is 2.86. The third-order valence-electron chi connectivity index (χ3n) is 7.46. The summed E-state index contributed by atoms with van der Waals surface area (Å²) in [7, 11) is 2.31. The van der Waals surface area contributed by atoms with Crippen LogP contribution in [0.5, 0.6) is 5.75 Å². The van der Waals surface area contributed by atoms with Gasteiger partial charge in [-0.25, -0.2) is 13.4 Å². The van der Waals surface area contributed by atoms with Crippen molar-refractivity contribution in [2.45, 2.75) is 42.9 Å². The molecule has 13 heteroatoms. The third-order valence-corrected chi connectivity index (χ3v) is 10.2. The predicted molar refractivity (Wildman–Crippen MR) is 167 cm³/mol. The molecular weight excluding hydrogens is 608 g/mol. The maximum absolute atomic E-state index is 13.2. The quantitative estimate of drug-likeness (QED) is 0.220. The summed E-state index contributed by atoms with van der Waals surface area (Å²) >= 11 is 3.50. The van der Waals surface area contributed by atoms with Gasteiger partial charge in [0.05, 0.1) is 44.8 Å². The van der Waals surface area contributed by atoms with Gasteiger partial charge >= 0.3 is 0 Å². The van der Waals surface area contributed by atoms with Gasteiger partial charge in [-0.05, 0) is 81.0 Å². The molecule has 2 aromatic carbocycles. The smallest absolute Gasteiger partial charge is 0.229 e. The normalized spacial score (nSPS) is 14.7. The van der Waals surface area contributed by atoms with Crippen LogP contribution in [0, 0.1) is 0 Å². The maximum Gasteiger partial charge on any atom is 0.229 e. The van der Waals surface area contributed by atoms with Gasteiger partial charge in [0.2, 0.25) is 5.95 Å². The van der Waals surface area contributed by atoms with E-state index in [-0.39, 0.29) is 4.90 Å². The Hall–Kier alpha value is -3.42. The topological polar surface area (TPSA) is 128 Å². The second kappa shape index (κ2) is 11.8. The Bertz CT molecular complexity index is 1650. The number of nitrogens with zero attached hydrogens (tertiary/aromatic N) is 5. The molecule has 0 atom stereocenters. The van der Waals surface area contributed by atoms with Crippen LogP contribution in [-0.4, -0.2) is 79.1 Å². The highest BCUT2D eigenvalue weighted by atomic mass is 79.9. The van der Waals surface area contributed by atoms with Gasteiger partial charge in [-0.2, -0.15) is 10.1 Å². The van der Waals surface area contributed by atoms with E-state index < -0.39 is 15.1 Å². The van der Waals surface area contributed by atoms with E-state index >= 15 is 0 Å². The molecule has 1 fully saturated rings. The molecule has 0 unspecified atom stereocenters. The summed E-state index contributed by atoms with van der Waals surface area (Å²) < 4.78 is 32.7. The number of nitrogens with one attached hydrogen (secondary N) is 3. The van der Waals surface area contributed by atoms with Crippen LogP contribution in [0.4, 0.5) is 28.8 Å². The zero-order valence-electron chi connectivity index (χ0n) is 23.8. The minimum atomic E-state index is -3.61. The summed E-state index contributed by atoms with van der Waals surface area (Å²) in [6.45, 7) is 5.29. The Morgan fingerprint density at radius 3 is 2.54 bits per heavy atom. The van der Waals surface area contributed by atoms with Crippen molar-refractivity contribution >= 4 is 65.5 Å². The van der Waals surface area contributed by atoms with Crippen molar-refractivity contribution in [3.05, 3.63) is 47.2 Å². The monoisotopic (exact) mass is 642 g/mol. The Labute approximate surface area is 248 Å². The zero-order chi connectivity index (χ0) is 29.3. The highest BCUT2D eigenvalue weighted by molar-refractivity contribution is 9.10. The molecule has 3 N–H and O–H groups in total. The summed E-state index contributed by atoms with van der Waals surface area (Å²) in [6.07, 6.45) is 5.49. The van der Waals surface area contributed by atoms with Crippen LogP contribution in [0.1, 0.15) is 26.7 Å². The van der Waals surface area contributed by atoms with Crippen molar-refractivity contribution in [2.75, 3.05) is 49.8 Å². The molecule has 1 aliphatic heterocycles. The number of piperidine rings is 1. The van der Waals surface area contributed by atoms with Crippen LogP contribution < -0.4 is 20.3 Å². The maximum atomic E-state index is 13.2. The van der Waals surface area contributed by atoms with Gasteiger partial charge in [0, 0.05) is 42.5 Å². The molecule has 0 amide bonds. The Morgan fingerprint density at radius 1 is 1.10 bits per heavy atom. The molecule has 5 rings (SSSR count). The number of anilines is 5. The molecule has 41 heavy (non-hydrogen) atoms. The molecule has 11 nitrogen and oxygen atoms in total. The molecular formula is C28H35BrN8O3S. The molecule has 4 aromatic rings. The van der Waals surface area contributed by atoms with Gasteiger partial charge in [0.25, 0.3) is 0 Å². The van der Waals surface area contributed by atoms with Crippen LogP contribution in [0.15, 0.2) is 52.1 Å². The van der Waals surface area contributed by atoms with E-state index in [1.807, 2.05) is 12.1 Å². The van der Waals surface area contributed by atoms with Gasteiger partial charge in [-0.1, -0.05) is 0 Å². The number of sulfone groups is 1. The minimum Gasteiger partial charge on any atom is -0.494 e. The van der Waals surface area contributed by atoms with Crippen LogP contribution >= 0.6 is 15.9 Å². The fourth-order valence-corrected chi connectivity index (χ4v) is 6.44. The van der Waals surface area contributed by atoms with Gasteiger partial charge < -0.3 is 25.2 Å². The molecule has 0 saturated carbocycles. The first-order chi connectivity index (χ1) is 19.6. The number of methoxy groups -OCH3 is 1. The largest absolute Gasteiger partial charge is 0.494 e. The first-order valence-electron chi connectivity index (χ1n) is 13.4. The first kappa shape index (κ1) is 29.1. The van der Waals surface area contributed by atoms with Crippen molar-refractivity contribution in [1.82, 2.24) is 25.1 Å². The van der Waals surface area contributed by atoms with E-state index in [0.29, 0.717) is 39.2 Å². The van der Waals surface area contributed by atoms with Crippen LogP contribution in [0.25, 0.3) is 10.9 Å². The predicted octanol–water partition coefficient (Wildman–Crippen LogP) is 5.32. The summed E-state index contributed by atoms with van der Waals surface area (Å²) in [4.78, 5) is 13.9. The molecule has 0 aliphatic carbocycles. The van der Waals surface area contributed by atoms with Crippen LogP contribution in [0.3, 0.4) is 0 Å². The van der Waals surface area contributed by atoms with Crippen LogP contribution in [0.2, 0.25) is 0 Å². The average molecular weight is 644 g/mol. The number of aromatic amines is 1. The lowest BCUT2D eigenvalue weighted by atomic mass is 10.0. The van der Waals surface area contributed by atoms with Gasteiger partial charge in [-0.15, -0.1) is 0 Å². The Balaban J connectivity index is 1.40. The summed E-state index contributed by atoms with van der Waals surface area (Å²) in [5.74, 6) is 1.41. The molecule has 2 aromatic heterocycles. The molecule has 0 radical (unpaired) electrons. The number of benzene rings is 2. The lowest BCUT2D eigenvalue weighted by molar-refractivity contribution is 0.249. The number of halogens is 1. The Morgan fingerprint density at radius 2 is 1.85 bits per heavy atom. The molecule has 0 spiro atoms. The van der Waals surface area contributed by atoms with Crippen molar-refractivity contribution in [2.24, 2.45) is 0 Å². The minimum absolute atomic E-state index is 0.163. The second-order valence-electron chi connectivity index (χ2n) is 10.6. The van der Waals surface area contributed by atoms with Gasteiger partial charge in [0.15, 0.2) is 9.84 Å².